The summed E-state index contributed by atoms with van der Waals surface area (Å²) in [7, 11) is 12.9. The third-order valence-corrected chi connectivity index (χ3v) is 4.58. The zero-order valence-electron chi connectivity index (χ0n) is 6.89. The second kappa shape index (κ2) is 8.54. The van der Waals surface area contributed by atoms with Gasteiger partial charge in [-0.15, -0.1) is 0 Å². The van der Waals surface area contributed by atoms with Crippen molar-refractivity contribution in [2.45, 2.75) is 37.2 Å². The highest BCUT2D eigenvalue weighted by atomic mass is 35.7. The Kier molecular flexibility index (Phi) is 9.22. The number of halogens is 2. The van der Waals surface area contributed by atoms with Crippen LogP contribution in [0.5, 0.6) is 0 Å². The maximum Gasteiger partial charge on any atom is 0.158 e. The molecule has 0 aliphatic rings. The number of Topliss-reactive ketones (excluding diaryl/α,β-unsaturated/α-hetero) is 1. The molecule has 0 bridgehead atoms. The lowest BCUT2D eigenvalue weighted by molar-refractivity contribution is -0.117. The highest BCUT2D eigenvalue weighted by molar-refractivity contribution is 8.37. The molecule has 0 heterocycles. The van der Waals surface area contributed by atoms with Crippen molar-refractivity contribution in [3.8, 4) is 0 Å². The summed E-state index contributed by atoms with van der Waals surface area (Å²) >= 11 is 0. The van der Waals surface area contributed by atoms with E-state index in [-0.39, 0.29) is 10.4 Å². The Labute approximate surface area is 91.0 Å². The molecule has 0 aromatic carbocycles. The van der Waals surface area contributed by atoms with E-state index >= 15 is 0 Å². The van der Waals surface area contributed by atoms with E-state index in [4.69, 9.17) is 21.4 Å². The Morgan fingerprint density at radius 3 is 2.33 bits per heavy atom. The van der Waals surface area contributed by atoms with Gasteiger partial charge in [0.15, 0.2) is 5.78 Å². The van der Waals surface area contributed by atoms with Crippen LogP contribution in [0, 0.1) is 0 Å². The first-order valence-corrected chi connectivity index (χ1v) is 7.25. The molecule has 0 radical (unpaired) electrons. The molecule has 0 aliphatic carbocycles. The van der Waals surface area contributed by atoms with Gasteiger partial charge in [-0.05, 0) is 49.7 Å². The zero-order valence-corrected chi connectivity index (χ0v) is 10.0. The quantitative estimate of drug-likeness (QED) is 0.495. The summed E-state index contributed by atoms with van der Waals surface area (Å²) in [6.45, 7) is 2.11. The number of ketones is 1. The molecule has 0 aliphatic heterocycles. The minimum Gasteiger partial charge on any atom is -0.297 e. The average molecular weight is 247 g/mol. The number of carbonyl (C=O) groups excluding carboxylic acids is 1. The van der Waals surface area contributed by atoms with Crippen LogP contribution in [0.2, 0.25) is 0 Å². The van der Waals surface area contributed by atoms with E-state index in [0.717, 1.165) is 41.2 Å². The van der Waals surface area contributed by atoms with Gasteiger partial charge < -0.3 is 0 Å². The van der Waals surface area contributed by atoms with Crippen molar-refractivity contribution in [1.82, 2.24) is 0 Å². The largest absolute Gasteiger partial charge is 0.297 e. The number of hydrogen-bond donors (Lipinski definition) is 0. The topological polar surface area (TPSA) is 17.1 Å². The smallest absolute Gasteiger partial charge is 0.158 e. The molecule has 0 atom stereocenters. The highest BCUT2D eigenvalue weighted by Crippen LogP contribution is 2.31. The summed E-state index contributed by atoms with van der Waals surface area (Å²) in [5, 5.41) is 0. The lowest BCUT2D eigenvalue weighted by atomic mass is 10.1. The number of unbranched alkanes of at least 4 members (excludes halogenated alkanes) is 2. The summed E-state index contributed by atoms with van der Waals surface area (Å²) in [6, 6.07) is 0. The van der Waals surface area contributed by atoms with E-state index in [1.54, 1.807) is 0 Å². The molecule has 0 aromatic rings. The molecule has 0 fully saturated rings. The van der Waals surface area contributed by atoms with E-state index in [1.807, 2.05) is 0 Å². The van der Waals surface area contributed by atoms with Gasteiger partial charge in [-0.3, -0.25) is 4.79 Å². The Morgan fingerprint density at radius 1 is 1.33 bits per heavy atom. The van der Waals surface area contributed by atoms with E-state index in [0.29, 0.717) is 6.42 Å². The van der Waals surface area contributed by atoms with Crippen LogP contribution in [-0.4, -0.2) is 10.4 Å². The summed E-state index contributed by atoms with van der Waals surface area (Å²) < 4.78 is -0.301. The van der Waals surface area contributed by atoms with E-state index < -0.39 is 0 Å². The first-order valence-electron chi connectivity index (χ1n) is 3.83. The molecule has 0 N–H and O–H groups in total. The summed E-state index contributed by atoms with van der Waals surface area (Å²) in [4.78, 5) is 11.3. The van der Waals surface area contributed by atoms with Crippen LogP contribution in [0.1, 0.15) is 32.6 Å². The van der Waals surface area contributed by atoms with Gasteiger partial charge in [0.1, 0.15) is 4.58 Å². The lowest BCUT2D eigenvalue weighted by Gasteiger charge is -2.05. The van der Waals surface area contributed by atoms with Gasteiger partial charge in [0.2, 0.25) is 0 Å². The molecule has 0 rings (SSSR count). The van der Waals surface area contributed by atoms with Gasteiger partial charge >= 0.3 is 0 Å². The van der Waals surface area contributed by atoms with Crippen molar-refractivity contribution in [3.63, 3.8) is 0 Å². The Bertz CT molecular complexity index is 129. The monoisotopic (exact) mass is 246 g/mol. The normalized spacial score (nSPS) is 10.7. The summed E-state index contributed by atoms with van der Waals surface area (Å²) in [5.74, 6) is 0.142. The van der Waals surface area contributed by atoms with Gasteiger partial charge in [0, 0.05) is 6.42 Å². The molecular formula is C7H12Cl2OS2. The van der Waals surface area contributed by atoms with Crippen molar-refractivity contribution in [2.75, 3.05) is 0 Å². The van der Waals surface area contributed by atoms with Gasteiger partial charge in [-0.1, -0.05) is 19.8 Å². The maximum atomic E-state index is 11.3. The number of rotatable bonds is 7. The molecule has 0 unspecified atom stereocenters. The molecule has 72 valence electrons. The van der Waals surface area contributed by atoms with E-state index in [9.17, 15) is 4.79 Å². The predicted molar refractivity (Wildman–Crippen MR) is 59.8 cm³/mol. The van der Waals surface area contributed by atoms with Crippen LogP contribution >= 0.6 is 43.3 Å². The molecule has 5 heteroatoms. The second-order valence-corrected chi connectivity index (χ2v) is 5.10. The fraction of sp³-hybridized carbons (Fsp3) is 0.857. The number of hydrogen-bond acceptors (Lipinski definition) is 3. The minimum atomic E-state index is -0.301. The minimum absolute atomic E-state index is 0.142. The fourth-order valence-corrected chi connectivity index (χ4v) is 2.91. The average Bonchev–Trinajstić information content (AvgIpc) is 2.07. The van der Waals surface area contributed by atoms with E-state index in [2.05, 4.69) is 6.92 Å². The Hall–Kier alpha value is 0.950. The van der Waals surface area contributed by atoms with Crippen molar-refractivity contribution in [3.05, 3.63) is 0 Å². The maximum absolute atomic E-state index is 11.3. The van der Waals surface area contributed by atoms with Gasteiger partial charge in [-0.25, -0.2) is 0 Å². The zero-order chi connectivity index (χ0) is 9.40. The van der Waals surface area contributed by atoms with Crippen molar-refractivity contribution in [2.24, 2.45) is 0 Å². The Morgan fingerprint density at radius 2 is 1.92 bits per heavy atom. The SMILES string of the molecule is CCCCCC(=O)C(SCl)SCl. The van der Waals surface area contributed by atoms with Crippen LogP contribution < -0.4 is 0 Å². The molecular weight excluding hydrogens is 235 g/mol. The van der Waals surface area contributed by atoms with Crippen LogP contribution in [0.25, 0.3) is 0 Å². The van der Waals surface area contributed by atoms with Gasteiger partial charge in [0.05, 0.1) is 0 Å². The molecule has 0 saturated heterocycles. The first kappa shape index (κ1) is 12.9. The van der Waals surface area contributed by atoms with Crippen molar-refractivity contribution < 1.29 is 4.79 Å². The van der Waals surface area contributed by atoms with Crippen LogP contribution in [0.3, 0.4) is 0 Å². The Balaban J connectivity index is 3.54. The number of carbonyl (C=O) groups is 1. The summed E-state index contributed by atoms with van der Waals surface area (Å²) in [6.07, 6.45) is 3.76. The molecule has 0 spiro atoms. The standard InChI is InChI=1S/C7H12Cl2OS2/c1-2-3-4-5-6(10)7(11-8)12-9/h7H,2-5H2,1H3. The van der Waals surface area contributed by atoms with Gasteiger partial charge in [-0.2, -0.15) is 0 Å². The molecule has 0 amide bonds. The predicted octanol–water partition coefficient (Wildman–Crippen LogP) is 4.24. The third kappa shape index (κ3) is 5.57. The van der Waals surface area contributed by atoms with E-state index in [1.165, 1.54) is 0 Å². The summed E-state index contributed by atoms with van der Waals surface area (Å²) in [5.41, 5.74) is 0. The van der Waals surface area contributed by atoms with Crippen molar-refractivity contribution >= 4 is 49.1 Å². The molecule has 0 saturated carbocycles. The third-order valence-electron chi connectivity index (χ3n) is 1.45. The van der Waals surface area contributed by atoms with Crippen LogP contribution in [-0.2, 0) is 4.79 Å². The highest BCUT2D eigenvalue weighted by Gasteiger charge is 2.17. The molecule has 0 aromatic heterocycles. The second-order valence-electron chi connectivity index (χ2n) is 2.43. The van der Waals surface area contributed by atoms with Crippen molar-refractivity contribution in [1.29, 1.82) is 0 Å². The molecule has 12 heavy (non-hydrogen) atoms. The van der Waals surface area contributed by atoms with Crippen LogP contribution in [0.15, 0.2) is 0 Å². The van der Waals surface area contributed by atoms with Crippen LogP contribution in [0.4, 0.5) is 0 Å². The lowest BCUT2D eigenvalue weighted by Crippen LogP contribution is -2.10. The molecule has 1 nitrogen and oxygen atoms in total. The fourth-order valence-electron chi connectivity index (χ4n) is 0.780. The van der Waals surface area contributed by atoms with Gasteiger partial charge in [0.25, 0.3) is 0 Å². The first-order chi connectivity index (χ1) is 5.76.